The molecule has 2 heterocycles. The van der Waals surface area contributed by atoms with Gasteiger partial charge < -0.3 is 10.0 Å². The lowest BCUT2D eigenvalue weighted by Gasteiger charge is -2.39. The summed E-state index contributed by atoms with van der Waals surface area (Å²) in [4.78, 5) is 26.4. The Morgan fingerprint density at radius 2 is 1.76 bits per heavy atom. The van der Waals surface area contributed by atoms with Crippen LogP contribution in [0, 0.1) is 5.92 Å². The van der Waals surface area contributed by atoms with E-state index >= 15 is 0 Å². The number of likely N-dealkylation sites (tertiary alicyclic amines) is 2. The predicted octanol–water partition coefficient (Wildman–Crippen LogP) is 0.405. The molecule has 17 heavy (non-hydrogen) atoms. The van der Waals surface area contributed by atoms with Gasteiger partial charge in [0.1, 0.15) is 0 Å². The zero-order valence-corrected chi connectivity index (χ0v) is 10.1. The van der Waals surface area contributed by atoms with E-state index in [4.69, 9.17) is 5.11 Å². The normalized spacial score (nSPS) is 22.2. The summed E-state index contributed by atoms with van der Waals surface area (Å²) in [6, 6.07) is 0. The molecule has 0 unspecified atom stereocenters. The second kappa shape index (κ2) is 5.49. The monoisotopic (exact) mass is 240 g/mol. The van der Waals surface area contributed by atoms with Gasteiger partial charge in [0.15, 0.2) is 0 Å². The first-order valence-corrected chi connectivity index (χ1v) is 6.37. The molecule has 0 aromatic heterocycles. The van der Waals surface area contributed by atoms with E-state index in [9.17, 15) is 9.59 Å². The summed E-state index contributed by atoms with van der Waals surface area (Å²) < 4.78 is 0. The molecule has 0 saturated carbocycles. The Bertz CT molecular complexity index is 294. The summed E-state index contributed by atoms with van der Waals surface area (Å²) in [5.74, 6) is -0.294. The Labute approximate surface area is 101 Å². The standard InChI is InChI=1S/C12H20N2O3/c15-11(14-4-2-1-3-5-14)9-13-7-10(8-13)6-12(16)17/h10H,1-9H2,(H,16,17). The average Bonchev–Trinajstić information content (AvgIpc) is 2.26. The fourth-order valence-corrected chi connectivity index (χ4v) is 2.62. The third-order valence-corrected chi connectivity index (χ3v) is 3.56. The molecule has 0 aromatic carbocycles. The summed E-state index contributed by atoms with van der Waals surface area (Å²) in [7, 11) is 0. The number of carboxylic acids is 1. The van der Waals surface area contributed by atoms with Crippen LogP contribution in [0.25, 0.3) is 0 Å². The van der Waals surface area contributed by atoms with Crippen molar-refractivity contribution in [2.45, 2.75) is 25.7 Å². The van der Waals surface area contributed by atoms with Gasteiger partial charge in [-0.3, -0.25) is 14.5 Å². The smallest absolute Gasteiger partial charge is 0.303 e. The van der Waals surface area contributed by atoms with E-state index in [-0.39, 0.29) is 18.2 Å². The summed E-state index contributed by atoms with van der Waals surface area (Å²) in [5.41, 5.74) is 0. The number of hydrogen-bond acceptors (Lipinski definition) is 3. The molecule has 0 aliphatic carbocycles. The minimum Gasteiger partial charge on any atom is -0.481 e. The van der Waals surface area contributed by atoms with Crippen LogP contribution in [0.2, 0.25) is 0 Å². The molecular weight excluding hydrogens is 220 g/mol. The van der Waals surface area contributed by atoms with E-state index in [2.05, 4.69) is 0 Å². The lowest BCUT2D eigenvalue weighted by molar-refractivity contribution is -0.140. The number of carbonyl (C=O) groups excluding carboxylic acids is 1. The summed E-state index contributed by atoms with van der Waals surface area (Å²) in [6.07, 6.45) is 3.70. The van der Waals surface area contributed by atoms with E-state index in [0.29, 0.717) is 6.54 Å². The van der Waals surface area contributed by atoms with Gasteiger partial charge in [0.2, 0.25) is 5.91 Å². The lowest BCUT2D eigenvalue weighted by atomic mass is 9.96. The highest BCUT2D eigenvalue weighted by atomic mass is 16.4. The van der Waals surface area contributed by atoms with Crippen molar-refractivity contribution in [2.24, 2.45) is 5.92 Å². The zero-order valence-electron chi connectivity index (χ0n) is 10.1. The van der Waals surface area contributed by atoms with Crippen molar-refractivity contribution in [3.63, 3.8) is 0 Å². The molecule has 2 saturated heterocycles. The zero-order chi connectivity index (χ0) is 12.3. The third kappa shape index (κ3) is 3.43. The number of carbonyl (C=O) groups is 2. The molecule has 2 aliphatic heterocycles. The number of hydrogen-bond donors (Lipinski definition) is 1. The number of rotatable bonds is 4. The molecular formula is C12H20N2O3. The molecule has 96 valence electrons. The van der Waals surface area contributed by atoms with Crippen LogP contribution in [0.4, 0.5) is 0 Å². The van der Waals surface area contributed by atoms with E-state index in [1.54, 1.807) is 0 Å². The van der Waals surface area contributed by atoms with Crippen molar-refractivity contribution in [2.75, 3.05) is 32.7 Å². The second-order valence-corrected chi connectivity index (χ2v) is 5.10. The minimum absolute atomic E-state index is 0.207. The van der Waals surface area contributed by atoms with Crippen molar-refractivity contribution in [3.05, 3.63) is 0 Å². The SMILES string of the molecule is O=C(O)CC1CN(CC(=O)N2CCCCC2)C1. The van der Waals surface area contributed by atoms with Crippen molar-refractivity contribution in [1.82, 2.24) is 9.80 Å². The Morgan fingerprint density at radius 3 is 2.35 bits per heavy atom. The summed E-state index contributed by atoms with van der Waals surface area (Å²) in [6.45, 7) is 3.77. The second-order valence-electron chi connectivity index (χ2n) is 5.10. The first-order chi connectivity index (χ1) is 8.15. The van der Waals surface area contributed by atoms with E-state index in [1.165, 1.54) is 6.42 Å². The molecule has 0 bridgehead atoms. The van der Waals surface area contributed by atoms with E-state index in [0.717, 1.165) is 39.0 Å². The number of nitrogens with zero attached hydrogens (tertiary/aromatic N) is 2. The van der Waals surface area contributed by atoms with Gasteiger partial charge in [-0.25, -0.2) is 0 Å². The third-order valence-electron chi connectivity index (χ3n) is 3.56. The number of aliphatic carboxylic acids is 1. The molecule has 0 spiro atoms. The molecule has 0 aromatic rings. The van der Waals surface area contributed by atoms with Crippen molar-refractivity contribution >= 4 is 11.9 Å². The maximum absolute atomic E-state index is 11.9. The number of carboxylic acid groups (broad SMARTS) is 1. The lowest BCUT2D eigenvalue weighted by Crippen LogP contribution is -2.52. The van der Waals surface area contributed by atoms with Gasteiger partial charge in [0.25, 0.3) is 0 Å². The number of piperidine rings is 1. The van der Waals surface area contributed by atoms with E-state index < -0.39 is 5.97 Å². The molecule has 0 atom stereocenters. The molecule has 2 aliphatic rings. The van der Waals surface area contributed by atoms with Crippen LogP contribution in [-0.2, 0) is 9.59 Å². The van der Waals surface area contributed by atoms with Crippen LogP contribution in [-0.4, -0.2) is 59.5 Å². The summed E-state index contributed by atoms with van der Waals surface area (Å²) >= 11 is 0. The molecule has 2 fully saturated rings. The van der Waals surface area contributed by atoms with Gasteiger partial charge in [-0.2, -0.15) is 0 Å². The fraction of sp³-hybridized carbons (Fsp3) is 0.833. The Morgan fingerprint density at radius 1 is 1.12 bits per heavy atom. The van der Waals surface area contributed by atoms with Crippen LogP contribution in [0.1, 0.15) is 25.7 Å². The highest BCUT2D eigenvalue weighted by Crippen LogP contribution is 2.19. The van der Waals surface area contributed by atoms with Gasteiger partial charge in [-0.15, -0.1) is 0 Å². The number of amides is 1. The van der Waals surface area contributed by atoms with E-state index in [1.807, 2.05) is 9.80 Å². The van der Waals surface area contributed by atoms with Gasteiger partial charge in [-0.05, 0) is 25.2 Å². The largest absolute Gasteiger partial charge is 0.481 e. The Hall–Kier alpha value is -1.10. The van der Waals surface area contributed by atoms with Crippen LogP contribution in [0.3, 0.4) is 0 Å². The highest BCUT2D eigenvalue weighted by molar-refractivity contribution is 5.78. The van der Waals surface area contributed by atoms with Crippen LogP contribution >= 0.6 is 0 Å². The Balaban J connectivity index is 1.65. The maximum atomic E-state index is 11.9. The van der Waals surface area contributed by atoms with Gasteiger partial charge in [-0.1, -0.05) is 0 Å². The average molecular weight is 240 g/mol. The minimum atomic E-state index is -0.739. The van der Waals surface area contributed by atoms with Crippen LogP contribution < -0.4 is 0 Å². The molecule has 0 radical (unpaired) electrons. The van der Waals surface area contributed by atoms with Crippen LogP contribution in [0.5, 0.6) is 0 Å². The Kier molecular flexibility index (Phi) is 3.99. The first kappa shape index (κ1) is 12.4. The van der Waals surface area contributed by atoms with Crippen molar-refractivity contribution in [1.29, 1.82) is 0 Å². The first-order valence-electron chi connectivity index (χ1n) is 6.37. The van der Waals surface area contributed by atoms with Crippen molar-refractivity contribution < 1.29 is 14.7 Å². The summed E-state index contributed by atoms with van der Waals surface area (Å²) in [5, 5.41) is 8.63. The molecule has 5 heteroatoms. The van der Waals surface area contributed by atoms with Gasteiger partial charge in [0.05, 0.1) is 13.0 Å². The molecule has 2 rings (SSSR count). The fourth-order valence-electron chi connectivity index (χ4n) is 2.62. The molecule has 5 nitrogen and oxygen atoms in total. The molecule has 1 N–H and O–H groups in total. The topological polar surface area (TPSA) is 60.9 Å². The maximum Gasteiger partial charge on any atom is 0.303 e. The quantitative estimate of drug-likeness (QED) is 0.773. The van der Waals surface area contributed by atoms with Crippen molar-refractivity contribution in [3.8, 4) is 0 Å². The highest BCUT2D eigenvalue weighted by Gasteiger charge is 2.30. The van der Waals surface area contributed by atoms with Gasteiger partial charge >= 0.3 is 5.97 Å². The van der Waals surface area contributed by atoms with Crippen LogP contribution in [0.15, 0.2) is 0 Å². The predicted molar refractivity (Wildman–Crippen MR) is 62.6 cm³/mol. The molecule has 1 amide bonds. The van der Waals surface area contributed by atoms with Gasteiger partial charge in [0, 0.05) is 26.2 Å².